The van der Waals surface area contributed by atoms with Crippen molar-refractivity contribution in [1.29, 1.82) is 0 Å². The van der Waals surface area contributed by atoms with E-state index in [1.807, 2.05) is 14.1 Å². The highest BCUT2D eigenvalue weighted by atomic mass is 32.1. The molecular weight excluding hydrogens is 166 g/mol. The van der Waals surface area contributed by atoms with Crippen LogP contribution in [-0.2, 0) is 0 Å². The van der Waals surface area contributed by atoms with Crippen LogP contribution in [0.3, 0.4) is 0 Å². The van der Waals surface area contributed by atoms with Gasteiger partial charge < -0.3 is 10.6 Å². The summed E-state index contributed by atoms with van der Waals surface area (Å²) >= 11 is 9.66. The lowest BCUT2D eigenvalue weighted by atomic mass is 10.7. The van der Waals surface area contributed by atoms with Gasteiger partial charge in [-0.1, -0.05) is 0 Å². The molecule has 58 valence electrons. The van der Waals surface area contributed by atoms with Gasteiger partial charge in [0.2, 0.25) is 0 Å². The van der Waals surface area contributed by atoms with Crippen LogP contribution < -0.4 is 5.73 Å². The van der Waals surface area contributed by atoms with Crippen molar-refractivity contribution in [3.8, 4) is 0 Å². The second-order valence-electron chi connectivity index (χ2n) is 2.07. The average molecular weight is 177 g/mol. The molecule has 0 spiro atoms. The maximum atomic E-state index is 5.32. The lowest BCUT2D eigenvalue weighted by Crippen LogP contribution is -2.42. The third-order valence-corrected chi connectivity index (χ3v) is 1.91. The standard InChI is InChI=1S/C5H11N3S2/c1-7(2)5(10)8(3)4(6)9/h1-3H3,(H2,6,9). The maximum absolute atomic E-state index is 5.32. The molecule has 0 bridgehead atoms. The SMILES string of the molecule is CN(C)C(=S)N(C)C(N)=S. The molecule has 0 amide bonds. The van der Waals surface area contributed by atoms with Crippen molar-refractivity contribution in [3.63, 3.8) is 0 Å². The number of nitrogens with zero attached hydrogens (tertiary/aromatic N) is 2. The van der Waals surface area contributed by atoms with Crippen molar-refractivity contribution < 1.29 is 0 Å². The van der Waals surface area contributed by atoms with Crippen LogP contribution in [0.5, 0.6) is 0 Å². The predicted octanol–water partition coefficient (Wildman–Crippen LogP) is 0.00830. The molecule has 0 aromatic heterocycles. The summed E-state index contributed by atoms with van der Waals surface area (Å²) in [5.41, 5.74) is 5.32. The molecule has 2 N–H and O–H groups in total. The van der Waals surface area contributed by atoms with Gasteiger partial charge in [-0.2, -0.15) is 0 Å². The highest BCUT2D eigenvalue weighted by Gasteiger charge is 2.06. The Hall–Kier alpha value is -0.420. The summed E-state index contributed by atoms with van der Waals surface area (Å²) in [4.78, 5) is 3.35. The topological polar surface area (TPSA) is 32.5 Å². The fraction of sp³-hybridized carbons (Fsp3) is 0.600. The van der Waals surface area contributed by atoms with E-state index in [1.54, 1.807) is 16.8 Å². The number of thiocarbonyl (C=S) groups is 2. The monoisotopic (exact) mass is 177 g/mol. The molecule has 0 aliphatic heterocycles. The molecule has 0 atom stereocenters. The van der Waals surface area contributed by atoms with E-state index in [9.17, 15) is 0 Å². The molecule has 0 heterocycles. The summed E-state index contributed by atoms with van der Waals surface area (Å²) in [5, 5.41) is 0.909. The van der Waals surface area contributed by atoms with E-state index in [2.05, 4.69) is 0 Å². The normalized spacial score (nSPS) is 8.70. The van der Waals surface area contributed by atoms with E-state index in [0.717, 1.165) is 0 Å². The quantitative estimate of drug-likeness (QED) is 0.527. The van der Waals surface area contributed by atoms with Crippen LogP contribution in [0, 0.1) is 0 Å². The number of nitrogens with two attached hydrogens (primary N) is 1. The second kappa shape index (κ2) is 3.68. The summed E-state index contributed by atoms with van der Waals surface area (Å²) < 4.78 is 0. The molecule has 0 rings (SSSR count). The molecule has 0 fully saturated rings. The minimum absolute atomic E-state index is 0.290. The van der Waals surface area contributed by atoms with E-state index >= 15 is 0 Å². The zero-order valence-electron chi connectivity index (χ0n) is 6.29. The smallest absolute Gasteiger partial charge is 0.177 e. The van der Waals surface area contributed by atoms with Gasteiger partial charge in [0.15, 0.2) is 10.2 Å². The van der Waals surface area contributed by atoms with Crippen LogP contribution in [0.4, 0.5) is 0 Å². The van der Waals surface area contributed by atoms with Crippen LogP contribution in [0.15, 0.2) is 0 Å². The fourth-order valence-electron chi connectivity index (χ4n) is 0.394. The van der Waals surface area contributed by atoms with Gasteiger partial charge in [-0.05, 0) is 24.4 Å². The van der Waals surface area contributed by atoms with Gasteiger partial charge in [0.25, 0.3) is 0 Å². The van der Waals surface area contributed by atoms with Crippen LogP contribution in [0.2, 0.25) is 0 Å². The molecule has 0 aliphatic rings. The van der Waals surface area contributed by atoms with E-state index < -0.39 is 0 Å². The molecule has 0 aromatic rings. The first-order valence-corrected chi connectivity index (χ1v) is 3.53. The Morgan fingerprint density at radius 2 is 1.60 bits per heavy atom. The Morgan fingerprint density at radius 3 is 1.70 bits per heavy atom. The predicted molar refractivity (Wildman–Crippen MR) is 50.8 cm³/mol. The van der Waals surface area contributed by atoms with Gasteiger partial charge in [0.1, 0.15) is 0 Å². The molecule has 5 heteroatoms. The summed E-state index contributed by atoms with van der Waals surface area (Å²) in [5.74, 6) is 0. The number of hydrogen-bond acceptors (Lipinski definition) is 2. The van der Waals surface area contributed by atoms with Gasteiger partial charge in [0, 0.05) is 21.1 Å². The zero-order chi connectivity index (χ0) is 8.31. The summed E-state index contributed by atoms with van der Waals surface area (Å²) in [6.45, 7) is 0. The lowest BCUT2D eigenvalue weighted by Gasteiger charge is -2.23. The molecule has 0 saturated carbocycles. The first kappa shape index (κ1) is 9.58. The van der Waals surface area contributed by atoms with E-state index in [1.165, 1.54) is 0 Å². The Labute approximate surface area is 71.8 Å². The van der Waals surface area contributed by atoms with Crippen molar-refractivity contribution in [1.82, 2.24) is 9.80 Å². The molecule has 10 heavy (non-hydrogen) atoms. The van der Waals surface area contributed by atoms with Crippen molar-refractivity contribution in [2.45, 2.75) is 0 Å². The molecule has 0 saturated heterocycles. The van der Waals surface area contributed by atoms with Gasteiger partial charge in [0.05, 0.1) is 0 Å². The van der Waals surface area contributed by atoms with Gasteiger partial charge in [-0.15, -0.1) is 0 Å². The van der Waals surface area contributed by atoms with Crippen molar-refractivity contribution in [2.24, 2.45) is 5.73 Å². The lowest BCUT2D eigenvalue weighted by molar-refractivity contribution is 0.552. The van der Waals surface area contributed by atoms with Gasteiger partial charge in [-0.3, -0.25) is 4.90 Å². The maximum Gasteiger partial charge on any atom is 0.177 e. The summed E-state index contributed by atoms with van der Waals surface area (Å²) in [7, 11) is 5.43. The highest BCUT2D eigenvalue weighted by Crippen LogP contribution is 1.90. The third kappa shape index (κ3) is 2.45. The first-order chi connectivity index (χ1) is 4.46. The second-order valence-corrected chi connectivity index (χ2v) is 2.86. The minimum Gasteiger partial charge on any atom is -0.376 e. The largest absolute Gasteiger partial charge is 0.376 e. The number of rotatable bonds is 0. The zero-order valence-corrected chi connectivity index (χ0v) is 7.92. The molecule has 0 aliphatic carbocycles. The molecule has 0 unspecified atom stereocenters. The summed E-state index contributed by atoms with van der Waals surface area (Å²) in [6.07, 6.45) is 0. The van der Waals surface area contributed by atoms with Crippen LogP contribution in [0.1, 0.15) is 0 Å². The van der Waals surface area contributed by atoms with Crippen LogP contribution in [-0.4, -0.2) is 41.2 Å². The van der Waals surface area contributed by atoms with Gasteiger partial charge in [-0.25, -0.2) is 0 Å². The molecular formula is C5H11N3S2. The Morgan fingerprint density at radius 1 is 1.20 bits per heavy atom. The van der Waals surface area contributed by atoms with Gasteiger partial charge >= 0.3 is 0 Å². The number of hydrogen-bond donors (Lipinski definition) is 1. The van der Waals surface area contributed by atoms with Crippen molar-refractivity contribution >= 4 is 34.7 Å². The Balaban J connectivity index is 4.08. The minimum atomic E-state index is 0.290. The van der Waals surface area contributed by atoms with E-state index in [0.29, 0.717) is 10.2 Å². The Kier molecular flexibility index (Phi) is 3.52. The fourth-order valence-corrected chi connectivity index (χ4v) is 0.637. The van der Waals surface area contributed by atoms with Crippen LogP contribution >= 0.6 is 24.4 Å². The van der Waals surface area contributed by atoms with Crippen LogP contribution in [0.25, 0.3) is 0 Å². The molecule has 3 nitrogen and oxygen atoms in total. The molecule has 0 aromatic carbocycles. The van der Waals surface area contributed by atoms with E-state index in [4.69, 9.17) is 30.2 Å². The highest BCUT2D eigenvalue weighted by molar-refractivity contribution is 7.81. The molecule has 0 radical (unpaired) electrons. The average Bonchev–Trinajstić information content (AvgIpc) is 1.84. The third-order valence-electron chi connectivity index (χ3n) is 1.00. The Bertz CT molecular complexity index is 155. The summed E-state index contributed by atoms with van der Waals surface area (Å²) in [6, 6.07) is 0. The first-order valence-electron chi connectivity index (χ1n) is 2.71. The van der Waals surface area contributed by atoms with E-state index in [-0.39, 0.29) is 0 Å². The van der Waals surface area contributed by atoms with Crippen molar-refractivity contribution in [2.75, 3.05) is 21.1 Å². The van der Waals surface area contributed by atoms with Crippen molar-refractivity contribution in [3.05, 3.63) is 0 Å².